The van der Waals surface area contributed by atoms with E-state index in [1.54, 1.807) is 32.4 Å². The molecule has 1 fully saturated rings. The molecule has 2 aromatic carbocycles. The molecule has 0 aliphatic heterocycles. The molecular weight excluding hydrogens is 356 g/mol. The number of carbonyl (C=O) groups excluding carboxylic acids is 1. The van der Waals surface area contributed by atoms with Crippen LogP contribution in [0.4, 0.5) is 0 Å². The Labute approximate surface area is 164 Å². The number of aromatic hydroxyl groups is 1. The largest absolute Gasteiger partial charge is 0.504 e. The maximum Gasteiger partial charge on any atom is 0.185 e. The minimum Gasteiger partial charge on any atom is -0.504 e. The third-order valence-corrected chi connectivity index (χ3v) is 4.79. The van der Waals surface area contributed by atoms with Crippen LogP contribution in [0.1, 0.15) is 30.4 Å². The van der Waals surface area contributed by atoms with Crippen LogP contribution in [-0.4, -0.2) is 32.2 Å². The Balaban J connectivity index is 1.94. The summed E-state index contributed by atoms with van der Waals surface area (Å²) in [4.78, 5) is 13.0. The number of Topliss-reactive ketones (excluding diaryl/α,β-unsaturated/α-hetero) is 1. The predicted molar refractivity (Wildman–Crippen MR) is 109 cm³/mol. The van der Waals surface area contributed by atoms with Crippen molar-refractivity contribution in [2.24, 2.45) is 0 Å². The van der Waals surface area contributed by atoms with E-state index in [0.717, 1.165) is 35.1 Å². The molecule has 5 heteroatoms. The van der Waals surface area contributed by atoms with Gasteiger partial charge >= 0.3 is 0 Å². The van der Waals surface area contributed by atoms with E-state index in [4.69, 9.17) is 14.2 Å². The SMILES string of the molecule is COc1ccc(OC)c(/C=C2\CCC/C(=C\c3ccc(O)c(OC)c3)C2=O)c1. The number of ketones is 1. The van der Waals surface area contributed by atoms with Gasteiger partial charge in [-0.2, -0.15) is 0 Å². The minimum absolute atomic E-state index is 0.0307. The van der Waals surface area contributed by atoms with Gasteiger partial charge in [0.1, 0.15) is 11.5 Å². The number of allylic oxidation sites excluding steroid dienone is 2. The molecule has 1 aliphatic carbocycles. The summed E-state index contributed by atoms with van der Waals surface area (Å²) in [5.41, 5.74) is 3.12. The molecule has 0 atom stereocenters. The van der Waals surface area contributed by atoms with E-state index in [1.807, 2.05) is 30.4 Å². The molecule has 0 amide bonds. The summed E-state index contributed by atoms with van der Waals surface area (Å²) in [5.74, 6) is 1.89. The molecule has 5 nitrogen and oxygen atoms in total. The fourth-order valence-corrected chi connectivity index (χ4v) is 3.30. The first-order valence-electron chi connectivity index (χ1n) is 9.10. The molecule has 2 aromatic rings. The summed E-state index contributed by atoms with van der Waals surface area (Å²) < 4.78 is 15.9. The highest BCUT2D eigenvalue weighted by molar-refractivity contribution is 6.14. The topological polar surface area (TPSA) is 65.0 Å². The minimum atomic E-state index is 0.0307. The summed E-state index contributed by atoms with van der Waals surface area (Å²) in [7, 11) is 4.72. The Bertz CT molecular complexity index is 940. The molecule has 28 heavy (non-hydrogen) atoms. The van der Waals surface area contributed by atoms with Crippen molar-refractivity contribution in [1.29, 1.82) is 0 Å². The highest BCUT2D eigenvalue weighted by atomic mass is 16.5. The highest BCUT2D eigenvalue weighted by Crippen LogP contribution is 2.33. The Morgan fingerprint density at radius 2 is 1.57 bits per heavy atom. The second kappa shape index (κ2) is 8.65. The van der Waals surface area contributed by atoms with Crippen molar-refractivity contribution >= 4 is 17.9 Å². The molecule has 1 N–H and O–H groups in total. The zero-order chi connectivity index (χ0) is 20.1. The van der Waals surface area contributed by atoms with Gasteiger partial charge in [0.2, 0.25) is 0 Å². The first kappa shape index (κ1) is 19.5. The number of methoxy groups -OCH3 is 3. The van der Waals surface area contributed by atoms with Crippen LogP contribution >= 0.6 is 0 Å². The van der Waals surface area contributed by atoms with Crippen LogP contribution in [0.3, 0.4) is 0 Å². The van der Waals surface area contributed by atoms with Crippen LogP contribution in [-0.2, 0) is 4.79 Å². The summed E-state index contributed by atoms with van der Waals surface area (Å²) >= 11 is 0. The Morgan fingerprint density at radius 1 is 0.857 bits per heavy atom. The number of hydrogen-bond acceptors (Lipinski definition) is 5. The van der Waals surface area contributed by atoms with Gasteiger partial charge in [0, 0.05) is 16.7 Å². The molecule has 0 radical (unpaired) electrons. The second-order valence-corrected chi connectivity index (χ2v) is 6.56. The summed E-state index contributed by atoms with van der Waals surface area (Å²) in [6.07, 6.45) is 6.07. The number of ether oxygens (including phenoxy) is 3. The van der Waals surface area contributed by atoms with E-state index in [0.29, 0.717) is 23.7 Å². The molecule has 3 rings (SSSR count). The smallest absolute Gasteiger partial charge is 0.185 e. The van der Waals surface area contributed by atoms with E-state index in [1.165, 1.54) is 7.11 Å². The number of hydrogen-bond donors (Lipinski definition) is 1. The van der Waals surface area contributed by atoms with Crippen LogP contribution in [0, 0.1) is 0 Å². The van der Waals surface area contributed by atoms with Gasteiger partial charge in [0.25, 0.3) is 0 Å². The molecule has 0 unspecified atom stereocenters. The molecule has 0 saturated heterocycles. The average Bonchev–Trinajstić information content (AvgIpc) is 2.72. The number of rotatable bonds is 5. The maximum atomic E-state index is 13.0. The van der Waals surface area contributed by atoms with Crippen molar-refractivity contribution in [1.82, 2.24) is 0 Å². The van der Waals surface area contributed by atoms with Gasteiger partial charge in [-0.3, -0.25) is 4.79 Å². The molecule has 0 spiro atoms. The fraction of sp³-hybridized carbons (Fsp3) is 0.261. The molecule has 0 bridgehead atoms. The number of phenolic OH excluding ortho intramolecular Hbond substituents is 1. The first-order valence-corrected chi connectivity index (χ1v) is 9.10. The van der Waals surface area contributed by atoms with E-state index < -0.39 is 0 Å². The lowest BCUT2D eigenvalue weighted by Gasteiger charge is -2.17. The van der Waals surface area contributed by atoms with Crippen LogP contribution in [0.5, 0.6) is 23.0 Å². The summed E-state index contributed by atoms with van der Waals surface area (Å²) in [6, 6.07) is 10.6. The third-order valence-electron chi connectivity index (χ3n) is 4.79. The van der Waals surface area contributed by atoms with Crippen LogP contribution in [0.15, 0.2) is 47.5 Å². The molecule has 1 saturated carbocycles. The van der Waals surface area contributed by atoms with Crippen molar-refractivity contribution in [2.75, 3.05) is 21.3 Å². The highest BCUT2D eigenvalue weighted by Gasteiger charge is 2.21. The lowest BCUT2D eigenvalue weighted by atomic mass is 9.86. The van der Waals surface area contributed by atoms with Gasteiger partial charge in [-0.1, -0.05) is 6.07 Å². The van der Waals surface area contributed by atoms with E-state index in [9.17, 15) is 9.90 Å². The van der Waals surface area contributed by atoms with Gasteiger partial charge in [0.15, 0.2) is 17.3 Å². The monoisotopic (exact) mass is 380 g/mol. The van der Waals surface area contributed by atoms with E-state index >= 15 is 0 Å². The third kappa shape index (κ3) is 4.19. The van der Waals surface area contributed by atoms with Crippen molar-refractivity contribution in [3.8, 4) is 23.0 Å². The predicted octanol–water partition coefficient (Wildman–Crippen LogP) is 4.64. The summed E-state index contributed by atoms with van der Waals surface area (Å²) in [5, 5.41) is 9.75. The van der Waals surface area contributed by atoms with Crippen LogP contribution in [0.2, 0.25) is 0 Å². The van der Waals surface area contributed by atoms with Crippen molar-refractivity contribution < 1.29 is 24.1 Å². The Kier molecular flexibility index (Phi) is 6.04. The normalized spacial score (nSPS) is 17.0. The van der Waals surface area contributed by atoms with Crippen molar-refractivity contribution in [3.63, 3.8) is 0 Å². The van der Waals surface area contributed by atoms with Crippen LogP contribution in [0.25, 0.3) is 12.2 Å². The standard InChI is InChI=1S/C23H24O5/c1-26-19-8-10-21(27-2)18(14-19)13-17-6-4-5-16(23(17)25)11-15-7-9-20(24)22(12-15)28-3/h7-14,24H,4-6H2,1-3H3/b16-11+,17-13+. The maximum absolute atomic E-state index is 13.0. The molecular formula is C23H24O5. The Morgan fingerprint density at radius 3 is 2.25 bits per heavy atom. The fourth-order valence-electron chi connectivity index (χ4n) is 3.30. The van der Waals surface area contributed by atoms with Gasteiger partial charge < -0.3 is 19.3 Å². The zero-order valence-electron chi connectivity index (χ0n) is 16.3. The first-order chi connectivity index (χ1) is 13.5. The lowest BCUT2D eigenvalue weighted by molar-refractivity contribution is -0.112. The molecule has 0 aromatic heterocycles. The molecule has 1 aliphatic rings. The van der Waals surface area contributed by atoms with Gasteiger partial charge in [-0.25, -0.2) is 0 Å². The van der Waals surface area contributed by atoms with E-state index in [-0.39, 0.29) is 11.5 Å². The van der Waals surface area contributed by atoms with Gasteiger partial charge in [-0.15, -0.1) is 0 Å². The number of benzene rings is 2. The quantitative estimate of drug-likeness (QED) is 0.766. The van der Waals surface area contributed by atoms with E-state index in [2.05, 4.69) is 0 Å². The van der Waals surface area contributed by atoms with Crippen molar-refractivity contribution in [3.05, 3.63) is 58.7 Å². The molecule has 146 valence electrons. The number of carbonyl (C=O) groups is 1. The van der Waals surface area contributed by atoms with Crippen molar-refractivity contribution in [2.45, 2.75) is 19.3 Å². The summed E-state index contributed by atoms with van der Waals surface area (Å²) in [6.45, 7) is 0. The second-order valence-electron chi connectivity index (χ2n) is 6.56. The average molecular weight is 380 g/mol. The van der Waals surface area contributed by atoms with Gasteiger partial charge in [0.05, 0.1) is 21.3 Å². The zero-order valence-corrected chi connectivity index (χ0v) is 16.3. The van der Waals surface area contributed by atoms with Crippen LogP contribution < -0.4 is 14.2 Å². The Hall–Kier alpha value is -3.21. The number of phenols is 1. The molecule has 0 heterocycles. The lowest BCUT2D eigenvalue weighted by Crippen LogP contribution is -2.12. The van der Waals surface area contributed by atoms with Gasteiger partial charge in [-0.05, 0) is 67.3 Å².